The van der Waals surface area contributed by atoms with E-state index >= 15 is 0 Å². The second-order valence-corrected chi connectivity index (χ2v) is 4.24. The Morgan fingerprint density at radius 1 is 1.40 bits per heavy atom. The summed E-state index contributed by atoms with van der Waals surface area (Å²) in [6.07, 6.45) is 4.08. The van der Waals surface area contributed by atoms with E-state index in [1.54, 1.807) is 17.0 Å². The van der Waals surface area contributed by atoms with Gasteiger partial charge in [-0.15, -0.1) is 23.7 Å². The van der Waals surface area contributed by atoms with Crippen molar-refractivity contribution in [3.05, 3.63) is 35.7 Å². The van der Waals surface area contributed by atoms with Gasteiger partial charge in [-0.1, -0.05) is 0 Å². The molecule has 1 heterocycles. The van der Waals surface area contributed by atoms with Crippen molar-refractivity contribution in [2.75, 3.05) is 13.2 Å². The predicted molar refractivity (Wildman–Crippen MR) is 70.8 cm³/mol. The van der Waals surface area contributed by atoms with Crippen LogP contribution in [0, 0.1) is 11.9 Å². The maximum absolute atomic E-state index is 14.1. The van der Waals surface area contributed by atoms with Crippen molar-refractivity contribution >= 4 is 11.6 Å². The van der Waals surface area contributed by atoms with Crippen LogP contribution >= 0.6 is 0 Å². The maximum Gasteiger partial charge on any atom is 0.223 e. The first-order valence-corrected chi connectivity index (χ1v) is 6.51. The van der Waals surface area contributed by atoms with E-state index in [2.05, 4.69) is 6.08 Å². The summed E-state index contributed by atoms with van der Waals surface area (Å²) in [5.74, 6) is 0.126. The summed E-state index contributed by atoms with van der Waals surface area (Å²) < 4.78 is 19.4. The minimum atomic E-state index is -0.387. The van der Waals surface area contributed by atoms with E-state index in [9.17, 15) is 9.18 Å². The zero-order chi connectivity index (χ0) is 13.8. The number of amides is 1. The smallest absolute Gasteiger partial charge is 0.223 e. The van der Waals surface area contributed by atoms with Crippen molar-refractivity contribution in [2.45, 2.75) is 26.7 Å². The molecule has 3 nitrogen and oxygen atoms in total. The molecule has 0 saturated carbocycles. The van der Waals surface area contributed by atoms with Gasteiger partial charge in [0.15, 0.2) is 0 Å². The third-order valence-electron chi connectivity index (χ3n) is 3.03. The van der Waals surface area contributed by atoms with E-state index in [4.69, 9.17) is 4.74 Å². The molecule has 0 aromatic heterocycles. The van der Waals surface area contributed by atoms with Crippen molar-refractivity contribution in [1.29, 1.82) is 0 Å². The van der Waals surface area contributed by atoms with Crippen LogP contribution in [-0.4, -0.2) is 24.0 Å². The topological polar surface area (TPSA) is 29.5 Å². The fourth-order valence-corrected chi connectivity index (χ4v) is 2.16. The first-order valence-electron chi connectivity index (χ1n) is 6.51. The monoisotopic (exact) mass is 351 g/mol. The van der Waals surface area contributed by atoms with Gasteiger partial charge < -0.3 is 9.64 Å². The van der Waals surface area contributed by atoms with Crippen LogP contribution in [0.2, 0.25) is 0 Å². The van der Waals surface area contributed by atoms with Crippen LogP contribution in [0.25, 0.3) is 5.70 Å². The molecule has 1 amide bonds. The van der Waals surface area contributed by atoms with E-state index in [0.29, 0.717) is 43.0 Å². The van der Waals surface area contributed by atoms with Gasteiger partial charge in [-0.3, -0.25) is 4.79 Å². The van der Waals surface area contributed by atoms with Crippen LogP contribution in [0.15, 0.2) is 18.2 Å². The fourth-order valence-electron chi connectivity index (χ4n) is 2.16. The van der Waals surface area contributed by atoms with E-state index in [-0.39, 0.29) is 44.4 Å². The number of hydrogen-bond acceptors (Lipinski definition) is 2. The molecule has 20 heavy (non-hydrogen) atoms. The molecule has 0 unspecified atom stereocenters. The summed E-state index contributed by atoms with van der Waals surface area (Å²) in [4.78, 5) is 13.4. The van der Waals surface area contributed by atoms with Gasteiger partial charge in [-0.05, 0) is 26.0 Å². The molecule has 2 rings (SSSR count). The predicted octanol–water partition coefficient (Wildman–Crippen LogP) is 3.01. The maximum atomic E-state index is 14.1. The number of carbonyl (C=O) groups is 1. The first-order chi connectivity index (χ1) is 9.17. The quantitative estimate of drug-likeness (QED) is 0.781. The van der Waals surface area contributed by atoms with Crippen LogP contribution < -0.4 is 4.74 Å². The molecule has 1 aromatic carbocycles. The van der Waals surface area contributed by atoms with E-state index in [1.807, 2.05) is 13.8 Å². The summed E-state index contributed by atoms with van der Waals surface area (Å²) in [5, 5.41) is 0. The standard InChI is InChI=1S/C15H17FNO2.Y/c1-3-17-14(6-5-7-15(17)18)12-9-8-11(19-4-2)10-13(12)16;/h8-10H,3-5,7H2,1-2H3;/q-1;. The van der Waals surface area contributed by atoms with E-state index in [0.717, 1.165) is 0 Å². The van der Waals surface area contributed by atoms with Crippen molar-refractivity contribution in [3.8, 4) is 5.75 Å². The summed E-state index contributed by atoms with van der Waals surface area (Å²) in [7, 11) is 0. The summed E-state index contributed by atoms with van der Waals surface area (Å²) in [5.41, 5.74) is 0.942. The second-order valence-electron chi connectivity index (χ2n) is 4.24. The molecular weight excluding hydrogens is 334 g/mol. The normalized spacial score (nSPS) is 14.7. The first kappa shape index (κ1) is 17.3. The summed E-state index contributed by atoms with van der Waals surface area (Å²) in [6, 6.07) is 4.70. The number of rotatable bonds is 4. The average molecular weight is 351 g/mol. The number of nitrogens with zero attached hydrogens (tertiary/aromatic N) is 1. The Morgan fingerprint density at radius 2 is 2.15 bits per heavy atom. The minimum Gasteiger partial charge on any atom is -0.494 e. The van der Waals surface area contributed by atoms with Gasteiger partial charge in [0.05, 0.1) is 12.4 Å². The van der Waals surface area contributed by atoms with Crippen LogP contribution in [0.3, 0.4) is 0 Å². The van der Waals surface area contributed by atoms with E-state index < -0.39 is 0 Å². The second kappa shape index (κ2) is 7.89. The zero-order valence-corrected chi connectivity index (χ0v) is 14.6. The Hall–Kier alpha value is -0.736. The molecule has 1 aromatic rings. The summed E-state index contributed by atoms with van der Waals surface area (Å²) >= 11 is 0. The minimum absolute atomic E-state index is 0. The number of hydrogen-bond donors (Lipinski definition) is 0. The Labute approximate surface area is 144 Å². The number of allylic oxidation sites excluding steroid dienone is 1. The molecule has 1 aliphatic rings. The van der Waals surface area contributed by atoms with E-state index in [1.165, 1.54) is 6.07 Å². The third-order valence-corrected chi connectivity index (χ3v) is 3.03. The van der Waals surface area contributed by atoms with Crippen molar-refractivity contribution in [3.63, 3.8) is 0 Å². The number of ether oxygens (including phenoxy) is 1. The van der Waals surface area contributed by atoms with Crippen LogP contribution in [0.5, 0.6) is 5.75 Å². The third kappa shape index (κ3) is 3.67. The Balaban J connectivity index is 0.00000200. The van der Waals surface area contributed by atoms with Gasteiger partial charge in [0.2, 0.25) is 5.91 Å². The number of carbonyl (C=O) groups excluding carboxylic acids is 1. The molecule has 0 atom stereocenters. The molecule has 0 fully saturated rings. The SMILES string of the molecule is CCOc1ccc(C2=[C-]CCC(=O)N2CC)c(F)c1.[Y]. The van der Waals surface area contributed by atoms with Gasteiger partial charge in [0.25, 0.3) is 0 Å². The molecule has 0 saturated heterocycles. The Kier molecular flexibility index (Phi) is 6.83. The van der Waals surface area contributed by atoms with Gasteiger partial charge in [0, 0.05) is 45.7 Å². The van der Waals surface area contributed by atoms with Crippen LogP contribution in [0.1, 0.15) is 32.3 Å². The van der Waals surface area contributed by atoms with Crippen molar-refractivity contribution in [1.82, 2.24) is 4.90 Å². The van der Waals surface area contributed by atoms with Crippen LogP contribution in [-0.2, 0) is 37.5 Å². The molecule has 0 bridgehead atoms. The molecule has 1 radical (unpaired) electrons. The van der Waals surface area contributed by atoms with Gasteiger partial charge in [0.1, 0.15) is 5.75 Å². The van der Waals surface area contributed by atoms with Gasteiger partial charge >= 0.3 is 0 Å². The largest absolute Gasteiger partial charge is 0.494 e. The molecule has 0 N–H and O–H groups in total. The zero-order valence-electron chi connectivity index (χ0n) is 11.8. The average Bonchev–Trinajstić information content (AvgIpc) is 2.39. The molecule has 5 heteroatoms. The number of benzene rings is 1. The van der Waals surface area contributed by atoms with Gasteiger partial charge in [-0.25, -0.2) is 10.5 Å². The molecule has 0 spiro atoms. The van der Waals surface area contributed by atoms with Crippen LogP contribution in [0.4, 0.5) is 4.39 Å². The molecule has 105 valence electrons. The van der Waals surface area contributed by atoms with Gasteiger partial charge in [-0.2, -0.15) is 0 Å². The van der Waals surface area contributed by atoms with Crippen molar-refractivity contribution < 1.29 is 46.6 Å². The Bertz CT molecular complexity index is 517. The van der Waals surface area contributed by atoms with Crippen molar-refractivity contribution in [2.24, 2.45) is 0 Å². The number of halogens is 1. The molecule has 1 aliphatic heterocycles. The molecule has 0 aliphatic carbocycles. The fraction of sp³-hybridized carbons (Fsp3) is 0.400. The summed E-state index contributed by atoms with van der Waals surface area (Å²) in [6.45, 7) is 4.74. The molecular formula is C15H17FNO2Y-. The Morgan fingerprint density at radius 3 is 2.75 bits per heavy atom.